The molecule has 22 heavy (non-hydrogen) atoms. The minimum atomic E-state index is -0.181. The van der Waals surface area contributed by atoms with Crippen LogP contribution < -0.4 is 14.8 Å². The van der Waals surface area contributed by atoms with Crippen molar-refractivity contribution >= 4 is 11.6 Å². The zero-order valence-electron chi connectivity index (χ0n) is 13.1. The standard InChI is InChI=1S/C18H21NO3/c1-4-13(2)22-15-11-9-14(10-12-15)18(20)19-16-7-5-6-8-17(16)21-3/h5-13H,4H2,1-3H3,(H,19,20). The lowest BCUT2D eigenvalue weighted by Gasteiger charge is -2.13. The van der Waals surface area contributed by atoms with Gasteiger partial charge in [0.2, 0.25) is 0 Å². The van der Waals surface area contributed by atoms with Gasteiger partial charge in [0.25, 0.3) is 5.91 Å². The van der Waals surface area contributed by atoms with Crippen LogP contribution >= 0.6 is 0 Å². The SMILES string of the molecule is CCC(C)Oc1ccc(C(=O)Nc2ccccc2OC)cc1. The molecule has 0 bridgehead atoms. The van der Waals surface area contributed by atoms with Crippen molar-refractivity contribution < 1.29 is 14.3 Å². The summed E-state index contributed by atoms with van der Waals surface area (Å²) in [7, 11) is 1.58. The van der Waals surface area contributed by atoms with Crippen molar-refractivity contribution in [3.63, 3.8) is 0 Å². The lowest BCUT2D eigenvalue weighted by molar-refractivity contribution is 0.102. The number of benzene rings is 2. The van der Waals surface area contributed by atoms with E-state index in [1.54, 1.807) is 31.4 Å². The van der Waals surface area contributed by atoms with Gasteiger partial charge < -0.3 is 14.8 Å². The number of para-hydroxylation sites is 2. The highest BCUT2D eigenvalue weighted by molar-refractivity contribution is 6.05. The Morgan fingerprint density at radius 3 is 2.45 bits per heavy atom. The molecule has 0 aliphatic rings. The van der Waals surface area contributed by atoms with Crippen LogP contribution in [0.2, 0.25) is 0 Å². The van der Waals surface area contributed by atoms with Gasteiger partial charge in [-0.15, -0.1) is 0 Å². The number of hydrogen-bond donors (Lipinski definition) is 1. The van der Waals surface area contributed by atoms with Gasteiger partial charge in [-0.25, -0.2) is 0 Å². The first-order valence-corrected chi connectivity index (χ1v) is 7.35. The van der Waals surface area contributed by atoms with Gasteiger partial charge in [0.15, 0.2) is 0 Å². The Kier molecular flexibility index (Phi) is 5.42. The maximum atomic E-state index is 12.3. The second kappa shape index (κ2) is 7.50. The van der Waals surface area contributed by atoms with Gasteiger partial charge in [0.1, 0.15) is 11.5 Å². The lowest BCUT2D eigenvalue weighted by Crippen LogP contribution is -2.13. The third-order valence-electron chi connectivity index (χ3n) is 3.38. The number of methoxy groups -OCH3 is 1. The molecule has 116 valence electrons. The summed E-state index contributed by atoms with van der Waals surface area (Å²) in [5.41, 5.74) is 1.22. The van der Waals surface area contributed by atoms with Gasteiger partial charge in [0, 0.05) is 5.56 Å². The van der Waals surface area contributed by atoms with Gasteiger partial charge in [-0.05, 0) is 49.7 Å². The number of nitrogens with one attached hydrogen (secondary N) is 1. The molecule has 0 saturated carbocycles. The minimum Gasteiger partial charge on any atom is -0.495 e. The van der Waals surface area contributed by atoms with Crippen molar-refractivity contribution in [1.29, 1.82) is 0 Å². The molecule has 0 heterocycles. The topological polar surface area (TPSA) is 47.6 Å². The zero-order chi connectivity index (χ0) is 15.9. The molecular weight excluding hydrogens is 278 g/mol. The zero-order valence-corrected chi connectivity index (χ0v) is 13.1. The predicted octanol–water partition coefficient (Wildman–Crippen LogP) is 4.12. The van der Waals surface area contributed by atoms with E-state index in [0.717, 1.165) is 12.2 Å². The van der Waals surface area contributed by atoms with E-state index in [0.29, 0.717) is 17.0 Å². The van der Waals surface area contributed by atoms with E-state index in [2.05, 4.69) is 12.2 Å². The van der Waals surface area contributed by atoms with Crippen LogP contribution in [0.4, 0.5) is 5.69 Å². The van der Waals surface area contributed by atoms with Crippen LogP contribution in [0.3, 0.4) is 0 Å². The molecule has 1 N–H and O–H groups in total. The summed E-state index contributed by atoms with van der Waals surface area (Å²) in [5.74, 6) is 1.22. The van der Waals surface area contributed by atoms with E-state index in [1.807, 2.05) is 31.2 Å². The highest BCUT2D eigenvalue weighted by Gasteiger charge is 2.10. The molecule has 1 amide bonds. The number of rotatable bonds is 6. The van der Waals surface area contributed by atoms with Crippen LogP contribution in [0, 0.1) is 0 Å². The first-order chi connectivity index (χ1) is 10.6. The van der Waals surface area contributed by atoms with Crippen molar-refractivity contribution in [2.75, 3.05) is 12.4 Å². The van der Waals surface area contributed by atoms with Crippen LogP contribution in [0.1, 0.15) is 30.6 Å². The molecule has 1 unspecified atom stereocenters. The van der Waals surface area contributed by atoms with E-state index in [1.165, 1.54) is 0 Å². The molecule has 2 aromatic rings. The van der Waals surface area contributed by atoms with Crippen molar-refractivity contribution in [2.45, 2.75) is 26.4 Å². The molecule has 0 saturated heterocycles. The van der Waals surface area contributed by atoms with Gasteiger partial charge in [-0.1, -0.05) is 19.1 Å². The molecule has 0 aromatic heterocycles. The van der Waals surface area contributed by atoms with Crippen molar-refractivity contribution in [1.82, 2.24) is 0 Å². The average molecular weight is 299 g/mol. The number of anilines is 1. The van der Waals surface area contributed by atoms with Gasteiger partial charge in [-0.3, -0.25) is 4.79 Å². The van der Waals surface area contributed by atoms with Crippen LogP contribution in [0.5, 0.6) is 11.5 Å². The van der Waals surface area contributed by atoms with Gasteiger partial charge in [0.05, 0.1) is 18.9 Å². The van der Waals surface area contributed by atoms with Gasteiger partial charge >= 0.3 is 0 Å². The monoisotopic (exact) mass is 299 g/mol. The first kappa shape index (κ1) is 15.9. The van der Waals surface area contributed by atoms with Crippen LogP contribution in [-0.2, 0) is 0 Å². The van der Waals surface area contributed by atoms with Crippen molar-refractivity contribution in [3.8, 4) is 11.5 Å². The number of ether oxygens (including phenoxy) is 2. The second-order valence-corrected chi connectivity index (χ2v) is 5.02. The number of carbonyl (C=O) groups is 1. The fourth-order valence-electron chi connectivity index (χ4n) is 1.94. The first-order valence-electron chi connectivity index (χ1n) is 7.35. The highest BCUT2D eigenvalue weighted by Crippen LogP contribution is 2.24. The van der Waals surface area contributed by atoms with E-state index in [-0.39, 0.29) is 12.0 Å². The Morgan fingerprint density at radius 1 is 1.14 bits per heavy atom. The molecule has 2 aromatic carbocycles. The average Bonchev–Trinajstić information content (AvgIpc) is 2.55. The number of carbonyl (C=O) groups excluding carboxylic acids is 1. The number of amides is 1. The van der Waals surface area contributed by atoms with Gasteiger partial charge in [-0.2, -0.15) is 0 Å². The predicted molar refractivity (Wildman–Crippen MR) is 87.8 cm³/mol. The molecule has 4 nitrogen and oxygen atoms in total. The van der Waals surface area contributed by atoms with Crippen molar-refractivity contribution in [2.24, 2.45) is 0 Å². The van der Waals surface area contributed by atoms with E-state index in [9.17, 15) is 4.79 Å². The summed E-state index contributed by atoms with van der Waals surface area (Å²) < 4.78 is 10.9. The minimum absolute atomic E-state index is 0.160. The number of hydrogen-bond acceptors (Lipinski definition) is 3. The van der Waals surface area contributed by atoms with E-state index < -0.39 is 0 Å². The molecule has 0 spiro atoms. The quantitative estimate of drug-likeness (QED) is 0.872. The Hall–Kier alpha value is -2.49. The third-order valence-corrected chi connectivity index (χ3v) is 3.38. The van der Waals surface area contributed by atoms with Crippen molar-refractivity contribution in [3.05, 3.63) is 54.1 Å². The molecule has 4 heteroatoms. The molecule has 1 atom stereocenters. The lowest BCUT2D eigenvalue weighted by atomic mass is 10.2. The Labute approximate surface area is 131 Å². The maximum absolute atomic E-state index is 12.3. The maximum Gasteiger partial charge on any atom is 0.255 e. The molecule has 0 radical (unpaired) electrons. The smallest absolute Gasteiger partial charge is 0.255 e. The Morgan fingerprint density at radius 2 is 1.82 bits per heavy atom. The summed E-state index contributed by atoms with van der Waals surface area (Å²) >= 11 is 0. The molecule has 0 fully saturated rings. The Bertz CT molecular complexity index is 622. The fraction of sp³-hybridized carbons (Fsp3) is 0.278. The Balaban J connectivity index is 2.06. The molecule has 0 aliphatic heterocycles. The van der Waals surface area contributed by atoms with E-state index in [4.69, 9.17) is 9.47 Å². The molecule has 0 aliphatic carbocycles. The second-order valence-electron chi connectivity index (χ2n) is 5.02. The summed E-state index contributed by atoms with van der Waals surface area (Å²) in [6, 6.07) is 14.4. The summed E-state index contributed by atoms with van der Waals surface area (Å²) in [6.45, 7) is 4.09. The van der Waals surface area contributed by atoms with Crippen LogP contribution in [0.25, 0.3) is 0 Å². The summed E-state index contributed by atoms with van der Waals surface area (Å²) in [4.78, 5) is 12.3. The third kappa shape index (κ3) is 4.01. The van der Waals surface area contributed by atoms with Crippen LogP contribution in [-0.4, -0.2) is 19.1 Å². The highest BCUT2D eigenvalue weighted by atomic mass is 16.5. The fourth-order valence-corrected chi connectivity index (χ4v) is 1.94. The molecular formula is C18H21NO3. The normalized spacial score (nSPS) is 11.6. The largest absolute Gasteiger partial charge is 0.495 e. The van der Waals surface area contributed by atoms with E-state index >= 15 is 0 Å². The summed E-state index contributed by atoms with van der Waals surface area (Å²) in [6.07, 6.45) is 1.10. The van der Waals surface area contributed by atoms with Crippen LogP contribution in [0.15, 0.2) is 48.5 Å². The molecule has 2 rings (SSSR count). The summed E-state index contributed by atoms with van der Waals surface area (Å²) in [5, 5.41) is 2.84.